The minimum atomic E-state index is -0.287. The lowest BCUT2D eigenvalue weighted by Crippen LogP contribution is -2.30. The molecule has 1 aliphatic heterocycles. The molecule has 0 radical (unpaired) electrons. The van der Waals surface area contributed by atoms with Crippen molar-refractivity contribution in [1.29, 1.82) is 0 Å². The van der Waals surface area contributed by atoms with E-state index in [1.165, 1.54) is 0 Å². The molecule has 0 saturated carbocycles. The molecule has 0 unspecified atom stereocenters. The molecule has 34 heavy (non-hydrogen) atoms. The highest BCUT2D eigenvalue weighted by Crippen LogP contribution is 2.26. The summed E-state index contributed by atoms with van der Waals surface area (Å²) in [7, 11) is 4.93. The summed E-state index contributed by atoms with van der Waals surface area (Å²) >= 11 is 0. The molecule has 4 rings (SSSR count). The second-order valence-electron chi connectivity index (χ2n) is 8.26. The lowest BCUT2D eigenvalue weighted by atomic mass is 10.1. The Morgan fingerprint density at radius 1 is 1.00 bits per heavy atom. The van der Waals surface area contributed by atoms with Gasteiger partial charge in [-0.2, -0.15) is 0 Å². The lowest BCUT2D eigenvalue weighted by Gasteiger charge is -2.21. The molecule has 0 bridgehead atoms. The minimum Gasteiger partial charge on any atom is -0.497 e. The van der Waals surface area contributed by atoms with Gasteiger partial charge in [-0.05, 0) is 43.3 Å². The van der Waals surface area contributed by atoms with Crippen LogP contribution >= 0.6 is 0 Å². The zero-order valence-corrected chi connectivity index (χ0v) is 20.1. The van der Waals surface area contributed by atoms with E-state index in [2.05, 4.69) is 25.0 Å². The molecule has 2 heterocycles. The van der Waals surface area contributed by atoms with Crippen LogP contribution in [0.25, 0.3) is 0 Å². The van der Waals surface area contributed by atoms with E-state index < -0.39 is 0 Å². The van der Waals surface area contributed by atoms with Crippen LogP contribution in [0.15, 0.2) is 42.5 Å². The van der Waals surface area contributed by atoms with Crippen molar-refractivity contribution in [3.63, 3.8) is 0 Å². The van der Waals surface area contributed by atoms with E-state index in [0.717, 1.165) is 61.3 Å². The van der Waals surface area contributed by atoms with Crippen molar-refractivity contribution in [1.82, 2.24) is 25.0 Å². The summed E-state index contributed by atoms with van der Waals surface area (Å²) in [4.78, 5) is 15.1. The molecule has 1 aliphatic rings. The number of benzene rings is 2. The maximum absolute atomic E-state index is 12.8. The Morgan fingerprint density at radius 2 is 1.79 bits per heavy atom. The van der Waals surface area contributed by atoms with Crippen LogP contribution < -0.4 is 19.5 Å². The van der Waals surface area contributed by atoms with Gasteiger partial charge in [0.05, 0.1) is 27.4 Å². The van der Waals surface area contributed by atoms with Gasteiger partial charge >= 0.3 is 0 Å². The van der Waals surface area contributed by atoms with Crippen molar-refractivity contribution in [2.24, 2.45) is 0 Å². The van der Waals surface area contributed by atoms with Crippen molar-refractivity contribution in [2.45, 2.75) is 32.5 Å². The highest BCUT2D eigenvalue weighted by Gasteiger charge is 2.24. The molecule has 1 atom stereocenters. The van der Waals surface area contributed by atoms with Gasteiger partial charge in [-0.15, -0.1) is 10.2 Å². The zero-order chi connectivity index (χ0) is 24.1. The van der Waals surface area contributed by atoms with Crippen LogP contribution in [-0.4, -0.2) is 60.0 Å². The number of methoxy groups -OCH3 is 3. The van der Waals surface area contributed by atoms with E-state index in [0.29, 0.717) is 11.3 Å². The highest BCUT2D eigenvalue weighted by molar-refractivity contribution is 5.94. The molecule has 0 fully saturated rings. The maximum atomic E-state index is 12.8. The Morgan fingerprint density at radius 3 is 2.56 bits per heavy atom. The van der Waals surface area contributed by atoms with Crippen molar-refractivity contribution >= 4 is 5.91 Å². The van der Waals surface area contributed by atoms with Gasteiger partial charge in [0, 0.05) is 43.7 Å². The van der Waals surface area contributed by atoms with Gasteiger partial charge in [-0.3, -0.25) is 9.69 Å². The fourth-order valence-corrected chi connectivity index (χ4v) is 4.22. The van der Waals surface area contributed by atoms with E-state index in [1.807, 2.05) is 31.2 Å². The predicted molar refractivity (Wildman–Crippen MR) is 127 cm³/mol. The number of ether oxygens (including phenoxy) is 3. The van der Waals surface area contributed by atoms with Crippen LogP contribution in [0.2, 0.25) is 0 Å². The first kappa shape index (κ1) is 23.6. The number of hydrogen-bond donors (Lipinski definition) is 1. The second kappa shape index (κ2) is 10.6. The molecule has 3 aromatic rings. The summed E-state index contributed by atoms with van der Waals surface area (Å²) < 4.78 is 18.3. The fourth-order valence-electron chi connectivity index (χ4n) is 4.22. The van der Waals surface area contributed by atoms with Gasteiger partial charge < -0.3 is 24.1 Å². The first-order valence-electron chi connectivity index (χ1n) is 11.3. The number of fused-ring (bicyclic) bond motifs is 1. The number of rotatable bonds is 8. The van der Waals surface area contributed by atoms with E-state index in [9.17, 15) is 4.79 Å². The Balaban J connectivity index is 1.43. The third-order valence-electron chi connectivity index (χ3n) is 6.10. The molecule has 1 amide bonds. The number of nitrogens with zero attached hydrogens (tertiary/aromatic N) is 4. The summed E-state index contributed by atoms with van der Waals surface area (Å²) in [5.41, 5.74) is 1.62. The highest BCUT2D eigenvalue weighted by atomic mass is 16.5. The Kier molecular flexibility index (Phi) is 7.32. The Hall–Kier alpha value is -3.59. The second-order valence-corrected chi connectivity index (χ2v) is 8.26. The Labute approximate surface area is 199 Å². The molecular formula is C25H31N5O4. The molecule has 0 saturated heterocycles. The van der Waals surface area contributed by atoms with Crippen LogP contribution in [0.4, 0.5) is 0 Å². The van der Waals surface area contributed by atoms with Gasteiger partial charge in [-0.1, -0.05) is 6.07 Å². The summed E-state index contributed by atoms with van der Waals surface area (Å²) in [6.45, 7) is 5.09. The van der Waals surface area contributed by atoms with Crippen molar-refractivity contribution < 1.29 is 19.0 Å². The van der Waals surface area contributed by atoms with E-state index in [-0.39, 0.29) is 11.9 Å². The van der Waals surface area contributed by atoms with E-state index in [1.54, 1.807) is 39.5 Å². The number of nitrogens with one attached hydrogen (secondary N) is 1. The molecule has 9 nitrogen and oxygen atoms in total. The normalized spacial score (nSPS) is 14.6. The van der Waals surface area contributed by atoms with E-state index in [4.69, 9.17) is 14.2 Å². The third-order valence-corrected chi connectivity index (χ3v) is 6.10. The number of carbonyl (C=O) groups is 1. The van der Waals surface area contributed by atoms with Crippen LogP contribution in [0.5, 0.6) is 17.2 Å². The quantitative estimate of drug-likeness (QED) is 0.547. The monoisotopic (exact) mass is 465 g/mol. The molecule has 180 valence electrons. The smallest absolute Gasteiger partial charge is 0.251 e. The largest absolute Gasteiger partial charge is 0.497 e. The standard InChI is InChI=1S/C25H31N5O4/c1-17(26-25(31)18-6-5-7-20(14-18)32-2)24-28-27-23-10-11-29(12-13-30(23)24)16-19-15-21(33-3)8-9-22(19)34-4/h5-9,14-15,17H,10-13,16H2,1-4H3,(H,26,31)/t17-/m1/s1. The fraction of sp³-hybridized carbons (Fsp3) is 0.400. The average Bonchev–Trinajstić information content (AvgIpc) is 3.18. The zero-order valence-electron chi connectivity index (χ0n) is 20.1. The molecule has 1 N–H and O–H groups in total. The van der Waals surface area contributed by atoms with Crippen LogP contribution in [0.1, 0.15) is 40.5 Å². The number of hydrogen-bond acceptors (Lipinski definition) is 7. The average molecular weight is 466 g/mol. The third kappa shape index (κ3) is 5.14. The number of aromatic nitrogens is 3. The predicted octanol–water partition coefficient (Wildman–Crippen LogP) is 2.85. The topological polar surface area (TPSA) is 90.7 Å². The van der Waals surface area contributed by atoms with Gasteiger partial charge in [0.1, 0.15) is 23.1 Å². The summed E-state index contributed by atoms with van der Waals surface area (Å²) in [5, 5.41) is 11.9. The molecule has 2 aromatic carbocycles. The number of amides is 1. The van der Waals surface area contributed by atoms with Crippen LogP contribution in [0.3, 0.4) is 0 Å². The SMILES string of the molecule is COc1cccc(C(=O)N[C@H](C)c2nnc3n2CCN(Cc2cc(OC)ccc2OC)CC3)c1. The molecule has 1 aromatic heterocycles. The summed E-state index contributed by atoms with van der Waals surface area (Å²) in [6, 6.07) is 12.7. The maximum Gasteiger partial charge on any atom is 0.251 e. The lowest BCUT2D eigenvalue weighted by molar-refractivity contribution is 0.0937. The van der Waals surface area contributed by atoms with Crippen molar-refractivity contribution in [3.8, 4) is 17.2 Å². The molecule has 0 spiro atoms. The molecular weight excluding hydrogens is 434 g/mol. The van der Waals surface area contributed by atoms with E-state index >= 15 is 0 Å². The first-order valence-corrected chi connectivity index (χ1v) is 11.3. The Bertz CT molecular complexity index is 1150. The minimum absolute atomic E-state index is 0.177. The van der Waals surface area contributed by atoms with Crippen LogP contribution in [0, 0.1) is 0 Å². The van der Waals surface area contributed by atoms with Gasteiger partial charge in [0.25, 0.3) is 5.91 Å². The van der Waals surface area contributed by atoms with Crippen molar-refractivity contribution in [3.05, 3.63) is 65.2 Å². The summed E-state index contributed by atoms with van der Waals surface area (Å²) in [5.74, 6) is 3.81. The van der Waals surface area contributed by atoms with Gasteiger partial charge in [-0.25, -0.2) is 0 Å². The first-order chi connectivity index (χ1) is 16.5. The molecule has 0 aliphatic carbocycles. The van der Waals surface area contributed by atoms with Crippen LogP contribution in [-0.2, 0) is 19.5 Å². The molecule has 9 heteroatoms. The van der Waals surface area contributed by atoms with Gasteiger partial charge in [0.15, 0.2) is 5.82 Å². The number of carbonyl (C=O) groups excluding carboxylic acids is 1. The summed E-state index contributed by atoms with van der Waals surface area (Å²) in [6.07, 6.45) is 0.774. The van der Waals surface area contributed by atoms with Crippen molar-refractivity contribution in [2.75, 3.05) is 34.4 Å². The van der Waals surface area contributed by atoms with Gasteiger partial charge in [0.2, 0.25) is 0 Å².